The Labute approximate surface area is 114 Å². The standard InChI is InChI=1S/C12H14BrClFNO/c1-7(14)12(2,3)16-11(17)9-6-8(13)4-5-10(9)15/h4-7H,1-3H3,(H,16,17). The maximum Gasteiger partial charge on any atom is 0.254 e. The van der Waals surface area contributed by atoms with Crippen LogP contribution in [0.5, 0.6) is 0 Å². The van der Waals surface area contributed by atoms with Gasteiger partial charge in [0.25, 0.3) is 5.91 Å². The number of alkyl halides is 1. The lowest BCUT2D eigenvalue weighted by Crippen LogP contribution is -2.49. The molecule has 0 radical (unpaired) electrons. The maximum atomic E-state index is 13.5. The number of nitrogens with one attached hydrogen (secondary N) is 1. The lowest BCUT2D eigenvalue weighted by Gasteiger charge is -2.29. The van der Waals surface area contributed by atoms with E-state index in [-0.39, 0.29) is 10.9 Å². The van der Waals surface area contributed by atoms with Gasteiger partial charge in [-0.05, 0) is 39.0 Å². The van der Waals surface area contributed by atoms with Crippen LogP contribution in [0, 0.1) is 5.82 Å². The third kappa shape index (κ3) is 3.68. The van der Waals surface area contributed by atoms with Crippen LogP contribution in [0.2, 0.25) is 0 Å². The molecular weight excluding hydrogens is 308 g/mol. The van der Waals surface area contributed by atoms with Crippen LogP contribution >= 0.6 is 27.5 Å². The van der Waals surface area contributed by atoms with E-state index in [1.54, 1.807) is 26.8 Å². The summed E-state index contributed by atoms with van der Waals surface area (Å²) in [6.07, 6.45) is 0. The first-order valence-electron chi connectivity index (χ1n) is 5.15. The molecule has 1 aromatic rings. The highest BCUT2D eigenvalue weighted by Crippen LogP contribution is 2.19. The Morgan fingerprint density at radius 1 is 1.53 bits per heavy atom. The predicted molar refractivity (Wildman–Crippen MR) is 71.0 cm³/mol. The molecule has 0 saturated carbocycles. The molecule has 1 unspecified atom stereocenters. The van der Waals surface area contributed by atoms with Crippen LogP contribution in [0.25, 0.3) is 0 Å². The fourth-order valence-corrected chi connectivity index (χ4v) is 1.55. The highest BCUT2D eigenvalue weighted by atomic mass is 79.9. The molecule has 0 aliphatic heterocycles. The number of rotatable bonds is 3. The molecule has 1 atom stereocenters. The summed E-state index contributed by atoms with van der Waals surface area (Å²) in [6, 6.07) is 4.23. The summed E-state index contributed by atoms with van der Waals surface area (Å²) in [5.74, 6) is -1.02. The molecule has 0 bridgehead atoms. The molecule has 5 heteroatoms. The smallest absolute Gasteiger partial charge is 0.254 e. The van der Waals surface area contributed by atoms with E-state index in [0.717, 1.165) is 0 Å². The quantitative estimate of drug-likeness (QED) is 0.844. The van der Waals surface area contributed by atoms with Crippen LogP contribution in [0.3, 0.4) is 0 Å². The molecule has 0 aliphatic carbocycles. The van der Waals surface area contributed by atoms with E-state index in [1.165, 1.54) is 12.1 Å². The van der Waals surface area contributed by atoms with Crippen LogP contribution in [-0.2, 0) is 0 Å². The van der Waals surface area contributed by atoms with Gasteiger partial charge in [-0.3, -0.25) is 4.79 Å². The Morgan fingerprint density at radius 2 is 2.12 bits per heavy atom. The predicted octanol–water partition coefficient (Wildman–Crippen LogP) is 3.72. The van der Waals surface area contributed by atoms with Crippen molar-refractivity contribution in [1.29, 1.82) is 0 Å². The molecule has 1 aromatic carbocycles. The normalized spacial score (nSPS) is 13.3. The van der Waals surface area contributed by atoms with Crippen LogP contribution < -0.4 is 5.32 Å². The average Bonchev–Trinajstić information content (AvgIpc) is 2.20. The van der Waals surface area contributed by atoms with Crippen molar-refractivity contribution >= 4 is 33.4 Å². The number of halogens is 3. The second-order valence-electron chi connectivity index (χ2n) is 4.42. The maximum absolute atomic E-state index is 13.5. The Kier molecular flexibility index (Phi) is 4.55. The first-order chi connectivity index (χ1) is 7.74. The Bertz CT molecular complexity index is 435. The minimum Gasteiger partial charge on any atom is -0.346 e. The van der Waals surface area contributed by atoms with E-state index in [4.69, 9.17) is 11.6 Å². The van der Waals surface area contributed by atoms with Crippen molar-refractivity contribution in [2.75, 3.05) is 0 Å². The summed E-state index contributed by atoms with van der Waals surface area (Å²) >= 11 is 9.15. The van der Waals surface area contributed by atoms with E-state index < -0.39 is 17.3 Å². The zero-order valence-corrected chi connectivity index (χ0v) is 12.2. The Hall–Kier alpha value is -0.610. The Balaban J connectivity index is 2.94. The van der Waals surface area contributed by atoms with Gasteiger partial charge in [-0.1, -0.05) is 15.9 Å². The highest BCUT2D eigenvalue weighted by molar-refractivity contribution is 9.10. The first kappa shape index (κ1) is 14.5. The van der Waals surface area contributed by atoms with Crippen molar-refractivity contribution in [2.24, 2.45) is 0 Å². The van der Waals surface area contributed by atoms with Crippen LogP contribution in [0.4, 0.5) is 4.39 Å². The van der Waals surface area contributed by atoms with Crippen molar-refractivity contribution in [3.05, 3.63) is 34.1 Å². The van der Waals surface area contributed by atoms with Crippen molar-refractivity contribution in [3.63, 3.8) is 0 Å². The molecule has 17 heavy (non-hydrogen) atoms. The van der Waals surface area contributed by atoms with E-state index in [2.05, 4.69) is 21.2 Å². The van der Waals surface area contributed by atoms with Crippen molar-refractivity contribution < 1.29 is 9.18 Å². The second kappa shape index (κ2) is 5.36. The lowest BCUT2D eigenvalue weighted by atomic mass is 10.0. The van der Waals surface area contributed by atoms with Crippen molar-refractivity contribution in [3.8, 4) is 0 Å². The fraction of sp³-hybridized carbons (Fsp3) is 0.417. The van der Waals surface area contributed by atoms with E-state index in [0.29, 0.717) is 4.47 Å². The van der Waals surface area contributed by atoms with Gasteiger partial charge in [0, 0.05) is 4.47 Å². The van der Waals surface area contributed by atoms with Crippen molar-refractivity contribution in [1.82, 2.24) is 5.32 Å². The molecule has 0 aliphatic rings. The SMILES string of the molecule is CC(Cl)C(C)(C)NC(=O)c1cc(Br)ccc1F. The number of hydrogen-bond donors (Lipinski definition) is 1. The summed E-state index contributed by atoms with van der Waals surface area (Å²) < 4.78 is 14.1. The van der Waals surface area contributed by atoms with Gasteiger partial charge in [0.1, 0.15) is 5.82 Å². The molecule has 0 heterocycles. The molecule has 1 N–H and O–H groups in total. The summed E-state index contributed by atoms with van der Waals surface area (Å²) in [7, 11) is 0. The van der Waals surface area contributed by atoms with Crippen LogP contribution in [0.15, 0.2) is 22.7 Å². The number of hydrogen-bond acceptors (Lipinski definition) is 1. The first-order valence-corrected chi connectivity index (χ1v) is 6.38. The monoisotopic (exact) mass is 321 g/mol. The van der Waals surface area contributed by atoms with Gasteiger partial charge in [-0.25, -0.2) is 4.39 Å². The van der Waals surface area contributed by atoms with Gasteiger partial charge in [-0.2, -0.15) is 0 Å². The number of amides is 1. The third-order valence-corrected chi connectivity index (χ3v) is 3.64. The largest absolute Gasteiger partial charge is 0.346 e. The van der Waals surface area contributed by atoms with E-state index in [9.17, 15) is 9.18 Å². The van der Waals surface area contributed by atoms with Gasteiger partial charge < -0.3 is 5.32 Å². The average molecular weight is 323 g/mol. The van der Waals surface area contributed by atoms with Crippen molar-refractivity contribution in [2.45, 2.75) is 31.7 Å². The summed E-state index contributed by atoms with van der Waals surface area (Å²) in [4.78, 5) is 11.9. The summed E-state index contributed by atoms with van der Waals surface area (Å²) in [6.45, 7) is 5.36. The van der Waals surface area contributed by atoms with Crippen LogP contribution in [0.1, 0.15) is 31.1 Å². The zero-order valence-electron chi connectivity index (χ0n) is 9.85. The zero-order chi connectivity index (χ0) is 13.2. The van der Waals surface area contributed by atoms with E-state index in [1.807, 2.05) is 0 Å². The van der Waals surface area contributed by atoms with Gasteiger partial charge in [-0.15, -0.1) is 11.6 Å². The second-order valence-corrected chi connectivity index (χ2v) is 5.99. The third-order valence-electron chi connectivity index (χ3n) is 2.60. The molecule has 1 amide bonds. The fourth-order valence-electron chi connectivity index (χ4n) is 1.13. The molecule has 0 spiro atoms. The number of carbonyl (C=O) groups is 1. The molecule has 0 saturated heterocycles. The lowest BCUT2D eigenvalue weighted by molar-refractivity contribution is 0.0908. The molecular formula is C12H14BrClFNO. The molecule has 1 rings (SSSR count). The summed E-state index contributed by atoms with van der Waals surface area (Å²) in [5.41, 5.74) is -0.599. The number of carbonyl (C=O) groups excluding carboxylic acids is 1. The summed E-state index contributed by atoms with van der Waals surface area (Å²) in [5, 5.41) is 2.45. The minimum absolute atomic E-state index is 0.00441. The van der Waals surface area contributed by atoms with Crippen LogP contribution in [-0.4, -0.2) is 16.8 Å². The molecule has 0 aromatic heterocycles. The Morgan fingerprint density at radius 3 is 2.65 bits per heavy atom. The van der Waals surface area contributed by atoms with Gasteiger partial charge in [0.2, 0.25) is 0 Å². The molecule has 2 nitrogen and oxygen atoms in total. The minimum atomic E-state index is -0.604. The van der Waals surface area contributed by atoms with E-state index >= 15 is 0 Å². The topological polar surface area (TPSA) is 29.1 Å². The molecule has 94 valence electrons. The van der Waals surface area contributed by atoms with Gasteiger partial charge in [0.15, 0.2) is 0 Å². The van der Waals surface area contributed by atoms with Gasteiger partial charge >= 0.3 is 0 Å². The van der Waals surface area contributed by atoms with Gasteiger partial charge in [0.05, 0.1) is 16.5 Å². The number of benzene rings is 1. The molecule has 0 fully saturated rings. The highest BCUT2D eigenvalue weighted by Gasteiger charge is 2.27.